The number of aryl methyl sites for hydroxylation is 1. The fourth-order valence-corrected chi connectivity index (χ4v) is 3.30. The Morgan fingerprint density at radius 2 is 2.08 bits per heavy atom. The highest BCUT2D eigenvalue weighted by Gasteiger charge is 2.22. The van der Waals surface area contributed by atoms with Crippen LogP contribution in [-0.4, -0.2) is 18.6 Å². The van der Waals surface area contributed by atoms with E-state index in [2.05, 4.69) is 42.3 Å². The maximum absolute atomic E-state index is 5.99. The second-order valence-corrected chi connectivity index (χ2v) is 6.68. The number of hydrogen-bond donors (Lipinski definition) is 1. The molecule has 0 unspecified atom stereocenters. The van der Waals surface area contributed by atoms with E-state index < -0.39 is 0 Å². The zero-order valence-corrected chi connectivity index (χ0v) is 14.9. The first-order valence-corrected chi connectivity index (χ1v) is 8.58. The van der Waals surface area contributed by atoms with Crippen molar-refractivity contribution >= 4 is 0 Å². The van der Waals surface area contributed by atoms with Crippen molar-refractivity contribution in [2.24, 2.45) is 5.92 Å². The smallest absolute Gasteiger partial charge is 0.143 e. The molecule has 0 amide bonds. The van der Waals surface area contributed by atoms with E-state index in [4.69, 9.17) is 9.47 Å². The molecule has 24 heavy (non-hydrogen) atoms. The molecule has 2 aromatic rings. The number of rotatable bonds is 5. The van der Waals surface area contributed by atoms with E-state index in [1.165, 1.54) is 11.1 Å². The molecule has 1 aliphatic heterocycles. The number of methoxy groups -OCH3 is 1. The average Bonchev–Trinajstić information content (AvgIpc) is 2.59. The van der Waals surface area contributed by atoms with Crippen LogP contribution < -0.4 is 14.8 Å². The summed E-state index contributed by atoms with van der Waals surface area (Å²) in [6.45, 7) is 7.92. The highest BCUT2D eigenvalue weighted by molar-refractivity contribution is 5.39. The summed E-state index contributed by atoms with van der Waals surface area (Å²) in [7, 11) is 1.66. The van der Waals surface area contributed by atoms with E-state index in [0.717, 1.165) is 35.9 Å². The first-order chi connectivity index (χ1) is 11.6. The van der Waals surface area contributed by atoms with Crippen LogP contribution in [0.1, 0.15) is 42.4 Å². The van der Waals surface area contributed by atoms with Crippen LogP contribution in [0.3, 0.4) is 0 Å². The summed E-state index contributed by atoms with van der Waals surface area (Å²) in [6, 6.07) is 10.7. The molecule has 0 saturated carbocycles. The Morgan fingerprint density at radius 1 is 1.25 bits per heavy atom. The van der Waals surface area contributed by atoms with Crippen molar-refractivity contribution < 1.29 is 9.47 Å². The molecule has 0 radical (unpaired) electrons. The summed E-state index contributed by atoms with van der Waals surface area (Å²) < 4.78 is 11.4. The van der Waals surface area contributed by atoms with E-state index in [1.807, 2.05) is 19.1 Å². The van der Waals surface area contributed by atoms with Crippen LogP contribution in [0.4, 0.5) is 0 Å². The van der Waals surface area contributed by atoms with Gasteiger partial charge in [-0.25, -0.2) is 0 Å². The SMILES string of the molecule is COc1ccc(C)nc1COc1ccc2c(c1)CCN[C@H]2C(C)C. The third-order valence-corrected chi connectivity index (χ3v) is 4.54. The van der Waals surface area contributed by atoms with E-state index in [9.17, 15) is 0 Å². The zero-order chi connectivity index (χ0) is 17.1. The molecule has 0 aliphatic carbocycles. The van der Waals surface area contributed by atoms with Gasteiger partial charge in [0, 0.05) is 11.7 Å². The molecule has 0 fully saturated rings. The predicted molar refractivity (Wildman–Crippen MR) is 95.6 cm³/mol. The fourth-order valence-electron chi connectivity index (χ4n) is 3.30. The van der Waals surface area contributed by atoms with Crippen molar-refractivity contribution in [1.29, 1.82) is 0 Å². The number of benzene rings is 1. The highest BCUT2D eigenvalue weighted by atomic mass is 16.5. The lowest BCUT2D eigenvalue weighted by Crippen LogP contribution is -2.32. The summed E-state index contributed by atoms with van der Waals surface area (Å²) in [6.07, 6.45) is 1.04. The molecule has 4 heteroatoms. The average molecular weight is 326 g/mol. The van der Waals surface area contributed by atoms with Crippen LogP contribution in [0.5, 0.6) is 11.5 Å². The molecule has 128 valence electrons. The van der Waals surface area contributed by atoms with E-state index in [1.54, 1.807) is 7.11 Å². The quantitative estimate of drug-likeness (QED) is 0.907. The standard InChI is InChI=1S/C20H26N2O2/c1-13(2)20-17-7-6-16(11-15(17)9-10-21-20)24-12-18-19(23-4)8-5-14(3)22-18/h5-8,11,13,20-21H,9-10,12H2,1-4H3/t20-/m0/s1. The Bertz CT molecular complexity index is 713. The first-order valence-electron chi connectivity index (χ1n) is 8.58. The lowest BCUT2D eigenvalue weighted by Gasteiger charge is -2.30. The van der Waals surface area contributed by atoms with Crippen LogP contribution in [0.2, 0.25) is 0 Å². The Morgan fingerprint density at radius 3 is 2.83 bits per heavy atom. The summed E-state index contributed by atoms with van der Waals surface area (Å²) >= 11 is 0. The van der Waals surface area contributed by atoms with Gasteiger partial charge in [0.2, 0.25) is 0 Å². The molecule has 0 bridgehead atoms. The number of fused-ring (bicyclic) bond motifs is 1. The molecule has 0 saturated heterocycles. The largest absolute Gasteiger partial charge is 0.495 e. The molecule has 3 rings (SSSR count). The summed E-state index contributed by atoms with van der Waals surface area (Å²) in [4.78, 5) is 4.52. The predicted octanol–water partition coefficient (Wildman–Crippen LogP) is 3.82. The maximum atomic E-state index is 5.99. The monoisotopic (exact) mass is 326 g/mol. The van der Waals surface area contributed by atoms with Gasteiger partial charge in [0.15, 0.2) is 0 Å². The topological polar surface area (TPSA) is 43.4 Å². The van der Waals surface area contributed by atoms with Gasteiger partial charge in [-0.3, -0.25) is 4.98 Å². The fraction of sp³-hybridized carbons (Fsp3) is 0.450. The van der Waals surface area contributed by atoms with Gasteiger partial charge in [0.05, 0.1) is 7.11 Å². The Balaban J connectivity index is 1.76. The van der Waals surface area contributed by atoms with Crippen LogP contribution in [0.25, 0.3) is 0 Å². The van der Waals surface area contributed by atoms with Gasteiger partial charge in [-0.15, -0.1) is 0 Å². The summed E-state index contributed by atoms with van der Waals surface area (Å²) in [5.41, 5.74) is 4.58. The van der Waals surface area contributed by atoms with Crippen molar-refractivity contribution in [2.45, 2.75) is 39.8 Å². The van der Waals surface area contributed by atoms with Gasteiger partial charge in [-0.1, -0.05) is 19.9 Å². The Labute approximate surface area is 144 Å². The third kappa shape index (κ3) is 3.54. The molecule has 1 atom stereocenters. The number of ether oxygens (including phenoxy) is 2. The second-order valence-electron chi connectivity index (χ2n) is 6.68. The summed E-state index contributed by atoms with van der Waals surface area (Å²) in [5.74, 6) is 2.24. The van der Waals surface area contributed by atoms with Crippen molar-refractivity contribution in [3.05, 3.63) is 52.8 Å². The molecule has 1 aromatic carbocycles. The van der Waals surface area contributed by atoms with Gasteiger partial charge in [0.1, 0.15) is 23.8 Å². The molecule has 0 spiro atoms. The van der Waals surface area contributed by atoms with Gasteiger partial charge in [-0.05, 0) is 61.2 Å². The molecule has 4 nitrogen and oxygen atoms in total. The maximum Gasteiger partial charge on any atom is 0.143 e. The molecular formula is C20H26N2O2. The summed E-state index contributed by atoms with van der Waals surface area (Å²) in [5, 5.41) is 3.61. The normalized spacial score (nSPS) is 16.8. The minimum atomic E-state index is 0.412. The first kappa shape index (κ1) is 16.8. The Hall–Kier alpha value is -2.07. The van der Waals surface area contributed by atoms with E-state index >= 15 is 0 Å². The minimum absolute atomic E-state index is 0.412. The number of nitrogens with one attached hydrogen (secondary N) is 1. The number of nitrogens with zero attached hydrogens (tertiary/aromatic N) is 1. The van der Waals surface area contributed by atoms with Crippen molar-refractivity contribution in [3.8, 4) is 11.5 Å². The molecule has 1 aromatic heterocycles. The zero-order valence-electron chi connectivity index (χ0n) is 14.9. The van der Waals surface area contributed by atoms with Gasteiger partial charge >= 0.3 is 0 Å². The van der Waals surface area contributed by atoms with Crippen LogP contribution in [0.15, 0.2) is 30.3 Å². The minimum Gasteiger partial charge on any atom is -0.495 e. The molecule has 1 N–H and O–H groups in total. The second kappa shape index (κ2) is 7.22. The molecular weight excluding hydrogens is 300 g/mol. The van der Waals surface area contributed by atoms with Gasteiger partial charge in [0.25, 0.3) is 0 Å². The number of pyridine rings is 1. The van der Waals surface area contributed by atoms with E-state index in [-0.39, 0.29) is 0 Å². The van der Waals surface area contributed by atoms with E-state index in [0.29, 0.717) is 18.6 Å². The lowest BCUT2D eigenvalue weighted by atomic mass is 9.88. The highest BCUT2D eigenvalue weighted by Crippen LogP contribution is 2.31. The third-order valence-electron chi connectivity index (χ3n) is 4.54. The lowest BCUT2D eigenvalue weighted by molar-refractivity contribution is 0.289. The van der Waals surface area contributed by atoms with Gasteiger partial charge < -0.3 is 14.8 Å². The van der Waals surface area contributed by atoms with Crippen molar-refractivity contribution in [2.75, 3.05) is 13.7 Å². The van der Waals surface area contributed by atoms with Crippen LogP contribution in [0, 0.1) is 12.8 Å². The number of hydrogen-bond acceptors (Lipinski definition) is 4. The number of aromatic nitrogens is 1. The molecule has 1 aliphatic rings. The van der Waals surface area contributed by atoms with Gasteiger partial charge in [-0.2, -0.15) is 0 Å². The molecule has 2 heterocycles. The van der Waals surface area contributed by atoms with Crippen molar-refractivity contribution in [3.63, 3.8) is 0 Å². The van der Waals surface area contributed by atoms with Crippen LogP contribution >= 0.6 is 0 Å². The Kier molecular flexibility index (Phi) is 5.05. The van der Waals surface area contributed by atoms with Crippen molar-refractivity contribution in [1.82, 2.24) is 10.3 Å². The van der Waals surface area contributed by atoms with Crippen LogP contribution in [-0.2, 0) is 13.0 Å².